The summed E-state index contributed by atoms with van der Waals surface area (Å²) in [6.07, 6.45) is -4.01. The van der Waals surface area contributed by atoms with Crippen LogP contribution < -0.4 is 9.62 Å². The van der Waals surface area contributed by atoms with Gasteiger partial charge in [0.25, 0.3) is 0 Å². The van der Waals surface area contributed by atoms with E-state index in [-0.39, 0.29) is 0 Å². The summed E-state index contributed by atoms with van der Waals surface area (Å²) in [5.74, 6) is -0.756. The summed E-state index contributed by atoms with van der Waals surface area (Å²) in [5.41, 5.74) is -1.32. The topological polar surface area (TPSA) is 66.5 Å². The summed E-state index contributed by atoms with van der Waals surface area (Å²) < 4.78 is 63.9. The standard InChI is InChI=1S/C16H15F3N2O3S/c1-25(23,24)21(11-15(22)20-12-7-3-2-4-8-12)14-10-6-5-9-13(14)16(17,18)19/h2-10H,11H2,1H3,(H,20,22). The average molecular weight is 372 g/mol. The Morgan fingerprint density at radius 3 is 2.16 bits per heavy atom. The number of rotatable bonds is 5. The van der Waals surface area contributed by atoms with E-state index in [9.17, 15) is 26.4 Å². The van der Waals surface area contributed by atoms with E-state index in [0.29, 0.717) is 9.99 Å². The second kappa shape index (κ2) is 7.14. The maximum atomic E-state index is 13.2. The van der Waals surface area contributed by atoms with Crippen LogP contribution in [-0.2, 0) is 21.0 Å². The lowest BCUT2D eigenvalue weighted by atomic mass is 10.1. The highest BCUT2D eigenvalue weighted by Gasteiger charge is 2.36. The molecule has 9 heteroatoms. The number of para-hydroxylation sites is 2. The molecule has 0 fully saturated rings. The van der Waals surface area contributed by atoms with Gasteiger partial charge in [-0.2, -0.15) is 13.2 Å². The van der Waals surface area contributed by atoms with Crippen molar-refractivity contribution >= 4 is 27.3 Å². The zero-order chi connectivity index (χ0) is 18.7. The zero-order valence-corrected chi connectivity index (χ0v) is 13.9. The number of carbonyl (C=O) groups excluding carboxylic acids is 1. The molecule has 0 saturated heterocycles. The second-order valence-electron chi connectivity index (χ2n) is 5.20. The Labute approximate surface area is 143 Å². The first-order chi connectivity index (χ1) is 11.6. The lowest BCUT2D eigenvalue weighted by Gasteiger charge is -2.25. The van der Waals surface area contributed by atoms with Crippen molar-refractivity contribution in [3.8, 4) is 0 Å². The SMILES string of the molecule is CS(=O)(=O)N(CC(=O)Nc1ccccc1)c1ccccc1C(F)(F)F. The van der Waals surface area contributed by atoms with Gasteiger partial charge in [0.05, 0.1) is 17.5 Å². The maximum Gasteiger partial charge on any atom is 0.418 e. The van der Waals surface area contributed by atoms with Crippen LogP contribution in [0.3, 0.4) is 0 Å². The molecule has 0 aliphatic heterocycles. The fourth-order valence-electron chi connectivity index (χ4n) is 2.16. The largest absolute Gasteiger partial charge is 0.418 e. The van der Waals surface area contributed by atoms with Gasteiger partial charge < -0.3 is 5.32 Å². The molecule has 2 aromatic rings. The van der Waals surface area contributed by atoms with E-state index in [1.54, 1.807) is 30.3 Å². The lowest BCUT2D eigenvalue weighted by Crippen LogP contribution is -2.38. The molecule has 2 aromatic carbocycles. The number of benzene rings is 2. The number of hydrogen-bond donors (Lipinski definition) is 1. The van der Waals surface area contributed by atoms with Crippen LogP contribution >= 0.6 is 0 Å². The van der Waals surface area contributed by atoms with Gasteiger partial charge in [-0.1, -0.05) is 30.3 Å². The van der Waals surface area contributed by atoms with Crippen molar-refractivity contribution < 1.29 is 26.4 Å². The van der Waals surface area contributed by atoms with Gasteiger partial charge in [-0.15, -0.1) is 0 Å². The van der Waals surface area contributed by atoms with Crippen LogP contribution in [-0.4, -0.2) is 27.1 Å². The number of carbonyl (C=O) groups is 1. The lowest BCUT2D eigenvalue weighted by molar-refractivity contribution is -0.137. The average Bonchev–Trinajstić information content (AvgIpc) is 2.52. The zero-order valence-electron chi connectivity index (χ0n) is 13.1. The van der Waals surface area contributed by atoms with E-state index in [4.69, 9.17) is 0 Å². The predicted octanol–water partition coefficient (Wildman–Crippen LogP) is 3.11. The first kappa shape index (κ1) is 18.8. The Hall–Kier alpha value is -2.55. The minimum absolute atomic E-state index is 0.407. The molecular formula is C16H15F3N2O3S. The van der Waals surface area contributed by atoms with E-state index in [2.05, 4.69) is 5.32 Å². The number of hydrogen-bond acceptors (Lipinski definition) is 3. The van der Waals surface area contributed by atoms with E-state index in [1.807, 2.05) is 0 Å². The number of sulfonamides is 1. The third kappa shape index (κ3) is 4.96. The van der Waals surface area contributed by atoms with Gasteiger partial charge in [-0.25, -0.2) is 8.42 Å². The Bertz CT molecular complexity index is 852. The second-order valence-corrected chi connectivity index (χ2v) is 7.11. The van der Waals surface area contributed by atoms with Crippen molar-refractivity contribution in [2.75, 3.05) is 22.4 Å². The number of nitrogens with one attached hydrogen (secondary N) is 1. The van der Waals surface area contributed by atoms with Gasteiger partial charge >= 0.3 is 6.18 Å². The van der Waals surface area contributed by atoms with E-state index >= 15 is 0 Å². The monoisotopic (exact) mass is 372 g/mol. The molecule has 0 saturated carbocycles. The fourth-order valence-corrected chi connectivity index (χ4v) is 3.03. The Morgan fingerprint density at radius 1 is 1.04 bits per heavy atom. The number of anilines is 2. The molecule has 0 unspecified atom stereocenters. The van der Waals surface area contributed by atoms with Crippen LogP contribution in [0, 0.1) is 0 Å². The van der Waals surface area contributed by atoms with E-state index in [0.717, 1.165) is 24.5 Å². The quantitative estimate of drug-likeness (QED) is 0.877. The highest BCUT2D eigenvalue weighted by molar-refractivity contribution is 7.92. The third-order valence-electron chi connectivity index (χ3n) is 3.22. The predicted molar refractivity (Wildman–Crippen MR) is 88.7 cm³/mol. The normalized spacial score (nSPS) is 11.8. The number of alkyl halides is 3. The van der Waals surface area contributed by atoms with Crippen molar-refractivity contribution in [2.24, 2.45) is 0 Å². The van der Waals surface area contributed by atoms with Crippen LogP contribution in [0.5, 0.6) is 0 Å². The number of halogens is 3. The molecule has 5 nitrogen and oxygen atoms in total. The molecule has 0 bridgehead atoms. The van der Waals surface area contributed by atoms with Crippen LogP contribution in [0.4, 0.5) is 24.5 Å². The highest BCUT2D eigenvalue weighted by Crippen LogP contribution is 2.37. The molecule has 1 amide bonds. The van der Waals surface area contributed by atoms with Crippen LogP contribution in [0.25, 0.3) is 0 Å². The minimum atomic E-state index is -4.75. The summed E-state index contributed by atoms with van der Waals surface area (Å²) in [6.45, 7) is -0.777. The summed E-state index contributed by atoms with van der Waals surface area (Å²) in [6, 6.07) is 12.4. The van der Waals surface area contributed by atoms with Crippen molar-refractivity contribution in [2.45, 2.75) is 6.18 Å². The van der Waals surface area contributed by atoms with Crippen molar-refractivity contribution in [3.63, 3.8) is 0 Å². The van der Waals surface area contributed by atoms with Gasteiger partial charge in [0.1, 0.15) is 6.54 Å². The van der Waals surface area contributed by atoms with E-state index in [1.165, 1.54) is 6.07 Å². The van der Waals surface area contributed by atoms with Crippen LogP contribution in [0.15, 0.2) is 54.6 Å². The Morgan fingerprint density at radius 2 is 1.60 bits per heavy atom. The molecule has 0 aromatic heterocycles. The van der Waals surface area contributed by atoms with Crippen molar-refractivity contribution in [3.05, 3.63) is 60.2 Å². The van der Waals surface area contributed by atoms with Crippen LogP contribution in [0.2, 0.25) is 0 Å². The van der Waals surface area contributed by atoms with Crippen molar-refractivity contribution in [1.82, 2.24) is 0 Å². The van der Waals surface area contributed by atoms with E-state index < -0.39 is 39.9 Å². The highest BCUT2D eigenvalue weighted by atomic mass is 32.2. The number of nitrogens with zero attached hydrogens (tertiary/aromatic N) is 1. The fraction of sp³-hybridized carbons (Fsp3) is 0.188. The van der Waals surface area contributed by atoms with Gasteiger partial charge in [0, 0.05) is 5.69 Å². The first-order valence-corrected chi connectivity index (χ1v) is 8.92. The Balaban J connectivity index is 2.35. The van der Waals surface area contributed by atoms with Gasteiger partial charge in [-0.05, 0) is 24.3 Å². The van der Waals surface area contributed by atoms with Gasteiger partial charge in [0.2, 0.25) is 15.9 Å². The molecular weight excluding hydrogens is 357 g/mol. The number of amides is 1. The summed E-state index contributed by atoms with van der Waals surface area (Å²) in [7, 11) is -4.12. The van der Waals surface area contributed by atoms with Gasteiger partial charge in [-0.3, -0.25) is 9.10 Å². The molecule has 134 valence electrons. The molecule has 0 atom stereocenters. The molecule has 25 heavy (non-hydrogen) atoms. The first-order valence-electron chi connectivity index (χ1n) is 7.08. The molecule has 0 heterocycles. The summed E-state index contributed by atoms with van der Waals surface area (Å²) >= 11 is 0. The summed E-state index contributed by atoms with van der Waals surface area (Å²) in [5, 5.41) is 2.45. The Kier molecular flexibility index (Phi) is 5.36. The molecule has 0 aliphatic rings. The minimum Gasteiger partial charge on any atom is -0.325 e. The molecule has 2 rings (SSSR count). The smallest absolute Gasteiger partial charge is 0.325 e. The van der Waals surface area contributed by atoms with Crippen LogP contribution in [0.1, 0.15) is 5.56 Å². The molecule has 0 radical (unpaired) electrons. The maximum absolute atomic E-state index is 13.2. The molecule has 1 N–H and O–H groups in total. The molecule has 0 spiro atoms. The van der Waals surface area contributed by atoms with Crippen molar-refractivity contribution in [1.29, 1.82) is 0 Å². The summed E-state index contributed by atoms with van der Waals surface area (Å²) in [4.78, 5) is 12.1. The molecule has 0 aliphatic carbocycles. The third-order valence-corrected chi connectivity index (χ3v) is 4.35. The van der Waals surface area contributed by atoms with Gasteiger partial charge in [0.15, 0.2) is 0 Å².